The van der Waals surface area contributed by atoms with Crippen LogP contribution in [0, 0.1) is 6.92 Å². The van der Waals surface area contributed by atoms with Gasteiger partial charge in [0.1, 0.15) is 6.26 Å². The van der Waals surface area contributed by atoms with E-state index in [4.69, 9.17) is 8.83 Å². The van der Waals surface area contributed by atoms with Crippen molar-refractivity contribution in [3.63, 3.8) is 0 Å². The van der Waals surface area contributed by atoms with Crippen molar-refractivity contribution in [1.82, 2.24) is 15.2 Å². The van der Waals surface area contributed by atoms with Crippen molar-refractivity contribution in [3.05, 3.63) is 18.5 Å². The Morgan fingerprint density at radius 1 is 1.36 bits per heavy atom. The molecule has 2 rings (SSSR count). The van der Waals surface area contributed by atoms with E-state index in [0.29, 0.717) is 17.5 Å². The molecule has 5 nitrogen and oxygen atoms in total. The fourth-order valence-corrected chi connectivity index (χ4v) is 0.746. The third-order valence-corrected chi connectivity index (χ3v) is 1.20. The van der Waals surface area contributed by atoms with Gasteiger partial charge in [-0.3, -0.25) is 0 Å². The van der Waals surface area contributed by atoms with Crippen molar-refractivity contribution in [2.75, 3.05) is 0 Å². The van der Waals surface area contributed by atoms with E-state index in [-0.39, 0.29) is 0 Å². The molecule has 11 heavy (non-hydrogen) atoms. The highest BCUT2D eigenvalue weighted by Gasteiger charge is 2.07. The molecule has 0 bridgehead atoms. The number of aromatic nitrogens is 3. The summed E-state index contributed by atoms with van der Waals surface area (Å²) in [5, 5.41) is 7.17. The predicted molar refractivity (Wildman–Crippen MR) is 34.5 cm³/mol. The molecular weight excluding hydrogens is 146 g/mol. The minimum absolute atomic E-state index is 0.377. The lowest BCUT2D eigenvalue weighted by Crippen LogP contribution is -1.77. The van der Waals surface area contributed by atoms with Gasteiger partial charge in [0.2, 0.25) is 6.39 Å². The minimum atomic E-state index is 0.377. The average Bonchev–Trinajstić information content (AvgIpc) is 2.55. The highest BCUT2D eigenvalue weighted by atomic mass is 16.4. The zero-order chi connectivity index (χ0) is 7.68. The van der Waals surface area contributed by atoms with Gasteiger partial charge in [-0.25, -0.2) is 4.98 Å². The Morgan fingerprint density at radius 3 is 2.82 bits per heavy atom. The summed E-state index contributed by atoms with van der Waals surface area (Å²) in [4.78, 5) is 3.99. The largest absolute Gasteiger partial charge is 0.448 e. The fraction of sp³-hybridized carbons (Fsp3) is 0.167. The fourth-order valence-electron chi connectivity index (χ4n) is 0.746. The lowest BCUT2D eigenvalue weighted by Gasteiger charge is -1.79. The second-order valence-corrected chi connectivity index (χ2v) is 2.00. The van der Waals surface area contributed by atoms with Crippen LogP contribution < -0.4 is 0 Å². The topological polar surface area (TPSA) is 65.0 Å². The van der Waals surface area contributed by atoms with Crippen LogP contribution in [0.15, 0.2) is 21.5 Å². The quantitative estimate of drug-likeness (QED) is 0.609. The number of hydrogen-bond acceptors (Lipinski definition) is 5. The van der Waals surface area contributed by atoms with Crippen molar-refractivity contribution >= 4 is 0 Å². The predicted octanol–water partition coefficient (Wildman–Crippen LogP) is 1.03. The molecule has 2 aromatic rings. The van der Waals surface area contributed by atoms with Gasteiger partial charge >= 0.3 is 0 Å². The highest BCUT2D eigenvalue weighted by molar-refractivity contribution is 5.42. The first-order valence-corrected chi connectivity index (χ1v) is 3.05. The van der Waals surface area contributed by atoms with Crippen LogP contribution in [0.3, 0.4) is 0 Å². The Balaban J connectivity index is 2.45. The normalized spacial score (nSPS) is 10.3. The first kappa shape index (κ1) is 6.09. The van der Waals surface area contributed by atoms with Gasteiger partial charge in [-0.2, -0.15) is 0 Å². The first-order valence-electron chi connectivity index (χ1n) is 3.05. The van der Waals surface area contributed by atoms with Crippen LogP contribution in [0.25, 0.3) is 11.6 Å². The zero-order valence-electron chi connectivity index (χ0n) is 5.81. The molecule has 0 aromatic carbocycles. The summed E-state index contributed by atoms with van der Waals surface area (Å²) in [7, 11) is 0. The summed E-state index contributed by atoms with van der Waals surface area (Å²) < 4.78 is 9.84. The van der Waals surface area contributed by atoms with Crippen molar-refractivity contribution < 1.29 is 8.83 Å². The van der Waals surface area contributed by atoms with Gasteiger partial charge in [-0.1, -0.05) is 0 Å². The Bertz CT molecular complexity index is 338. The van der Waals surface area contributed by atoms with E-state index in [1.807, 2.05) is 0 Å². The number of hydrogen-bond donors (Lipinski definition) is 0. The maximum Gasteiger partial charge on any atom is 0.269 e. The Morgan fingerprint density at radius 2 is 2.27 bits per heavy atom. The third-order valence-electron chi connectivity index (χ3n) is 1.20. The van der Waals surface area contributed by atoms with Gasteiger partial charge in [0, 0.05) is 6.92 Å². The molecule has 0 saturated carbocycles. The molecule has 0 radical (unpaired) electrons. The number of aryl methyl sites for hydroxylation is 1. The number of nitrogens with zero attached hydrogens (tertiary/aromatic N) is 3. The van der Waals surface area contributed by atoms with Gasteiger partial charge in [-0.05, 0) is 0 Å². The molecule has 0 N–H and O–H groups in total. The maximum atomic E-state index is 4.95. The molecule has 2 aromatic heterocycles. The molecule has 0 aliphatic carbocycles. The monoisotopic (exact) mass is 151 g/mol. The second kappa shape index (κ2) is 2.19. The van der Waals surface area contributed by atoms with Crippen molar-refractivity contribution in [2.24, 2.45) is 0 Å². The molecule has 56 valence electrons. The van der Waals surface area contributed by atoms with Crippen LogP contribution >= 0.6 is 0 Å². The number of rotatable bonds is 1. The Kier molecular flexibility index (Phi) is 1.21. The van der Waals surface area contributed by atoms with E-state index in [0.717, 1.165) is 0 Å². The molecule has 0 aliphatic rings. The van der Waals surface area contributed by atoms with E-state index in [9.17, 15) is 0 Å². The maximum absolute atomic E-state index is 4.95. The van der Waals surface area contributed by atoms with Crippen LogP contribution in [0.5, 0.6) is 0 Å². The lowest BCUT2D eigenvalue weighted by molar-refractivity contribution is 0.520. The SMILES string of the molecule is Cc1nc(-c2nnco2)co1. The smallest absolute Gasteiger partial charge is 0.269 e. The highest BCUT2D eigenvalue weighted by Crippen LogP contribution is 2.13. The molecule has 5 heteroatoms. The van der Waals surface area contributed by atoms with Gasteiger partial charge < -0.3 is 8.83 Å². The summed E-state index contributed by atoms with van der Waals surface area (Å²) in [6.07, 6.45) is 2.72. The summed E-state index contributed by atoms with van der Waals surface area (Å²) in [5.41, 5.74) is 0.569. The molecule has 0 spiro atoms. The van der Waals surface area contributed by atoms with E-state index < -0.39 is 0 Å². The molecule has 0 unspecified atom stereocenters. The minimum Gasteiger partial charge on any atom is -0.448 e. The van der Waals surface area contributed by atoms with Crippen LogP contribution in [0.2, 0.25) is 0 Å². The second-order valence-electron chi connectivity index (χ2n) is 2.00. The first-order chi connectivity index (χ1) is 5.36. The summed E-state index contributed by atoms with van der Waals surface area (Å²) >= 11 is 0. The zero-order valence-corrected chi connectivity index (χ0v) is 5.81. The molecular formula is C6H5N3O2. The Hall–Kier alpha value is -1.65. The summed E-state index contributed by atoms with van der Waals surface area (Å²) in [5.74, 6) is 0.958. The van der Waals surface area contributed by atoms with Gasteiger partial charge in [0.25, 0.3) is 5.89 Å². The van der Waals surface area contributed by atoms with Crippen molar-refractivity contribution in [3.8, 4) is 11.6 Å². The van der Waals surface area contributed by atoms with Gasteiger partial charge in [0.15, 0.2) is 11.6 Å². The van der Waals surface area contributed by atoms with Crippen molar-refractivity contribution in [1.29, 1.82) is 0 Å². The van der Waals surface area contributed by atoms with E-state index >= 15 is 0 Å². The van der Waals surface area contributed by atoms with Crippen LogP contribution in [-0.4, -0.2) is 15.2 Å². The van der Waals surface area contributed by atoms with Gasteiger partial charge in [-0.15, -0.1) is 10.2 Å². The van der Waals surface area contributed by atoms with E-state index in [2.05, 4.69) is 15.2 Å². The lowest BCUT2D eigenvalue weighted by atomic mass is 10.5. The van der Waals surface area contributed by atoms with Crippen molar-refractivity contribution in [2.45, 2.75) is 6.92 Å². The van der Waals surface area contributed by atoms with E-state index in [1.54, 1.807) is 6.92 Å². The summed E-state index contributed by atoms with van der Waals surface area (Å²) in [6, 6.07) is 0. The van der Waals surface area contributed by atoms with Crippen LogP contribution in [-0.2, 0) is 0 Å². The average molecular weight is 151 g/mol. The molecule has 2 heterocycles. The standard InChI is InChI=1S/C6H5N3O2/c1-4-8-5(2-10-4)6-9-7-3-11-6/h2-3H,1H3. The molecule has 0 saturated heterocycles. The molecule has 0 aliphatic heterocycles. The van der Waals surface area contributed by atoms with Gasteiger partial charge in [0.05, 0.1) is 0 Å². The van der Waals surface area contributed by atoms with E-state index in [1.165, 1.54) is 12.7 Å². The third kappa shape index (κ3) is 1.000. The number of oxazole rings is 1. The van der Waals surface area contributed by atoms with Crippen LogP contribution in [0.1, 0.15) is 5.89 Å². The molecule has 0 fully saturated rings. The summed E-state index contributed by atoms with van der Waals surface area (Å²) in [6.45, 7) is 1.75. The Labute approximate surface area is 62.1 Å². The molecule has 0 amide bonds. The molecule has 0 atom stereocenters. The van der Waals surface area contributed by atoms with Crippen LogP contribution in [0.4, 0.5) is 0 Å².